The summed E-state index contributed by atoms with van der Waals surface area (Å²) in [5, 5.41) is 0.875. The van der Waals surface area contributed by atoms with Crippen molar-refractivity contribution in [3.63, 3.8) is 0 Å². The number of benzene rings is 1. The van der Waals surface area contributed by atoms with Crippen LogP contribution in [0.15, 0.2) is 34.2 Å². The Morgan fingerprint density at radius 1 is 1.43 bits per heavy atom. The van der Waals surface area contributed by atoms with Crippen molar-refractivity contribution in [3.8, 4) is 0 Å². The maximum atomic E-state index is 13.7. The van der Waals surface area contributed by atoms with E-state index >= 15 is 0 Å². The Morgan fingerprint density at radius 2 is 2.24 bits per heavy atom. The van der Waals surface area contributed by atoms with Gasteiger partial charge in [0.2, 0.25) is 0 Å². The lowest BCUT2D eigenvalue weighted by atomic mass is 10.2. The fourth-order valence-corrected chi connectivity index (χ4v) is 3.09. The minimum atomic E-state index is -0.348. The molecule has 1 aromatic carbocycles. The van der Waals surface area contributed by atoms with Crippen LogP contribution in [0.3, 0.4) is 0 Å². The minimum absolute atomic E-state index is 0.182. The summed E-state index contributed by atoms with van der Waals surface area (Å²) < 4.78 is 13.7. The first-order chi connectivity index (χ1) is 10.1. The van der Waals surface area contributed by atoms with E-state index in [0.717, 1.165) is 25.0 Å². The van der Waals surface area contributed by atoms with Crippen molar-refractivity contribution in [3.05, 3.63) is 56.7 Å². The summed E-state index contributed by atoms with van der Waals surface area (Å²) in [5.41, 5.74) is 1.01. The second-order valence-corrected chi connectivity index (χ2v) is 6.01. The van der Waals surface area contributed by atoms with E-state index in [9.17, 15) is 9.18 Å². The van der Waals surface area contributed by atoms with Crippen molar-refractivity contribution in [2.45, 2.75) is 37.1 Å². The van der Waals surface area contributed by atoms with Crippen LogP contribution in [0.5, 0.6) is 0 Å². The molecule has 1 N–H and O–H groups in total. The number of rotatable bonds is 6. The van der Waals surface area contributed by atoms with Gasteiger partial charge in [0.1, 0.15) is 5.82 Å². The van der Waals surface area contributed by atoms with Gasteiger partial charge in [-0.15, -0.1) is 0 Å². The van der Waals surface area contributed by atoms with Gasteiger partial charge >= 0.3 is 0 Å². The van der Waals surface area contributed by atoms with Gasteiger partial charge in [-0.25, -0.2) is 9.37 Å². The highest BCUT2D eigenvalue weighted by molar-refractivity contribution is 7.98. The van der Waals surface area contributed by atoms with Gasteiger partial charge in [0.25, 0.3) is 5.56 Å². The third-order valence-electron chi connectivity index (χ3n) is 2.97. The highest BCUT2D eigenvalue weighted by atomic mass is 35.5. The van der Waals surface area contributed by atoms with Crippen molar-refractivity contribution in [2.24, 2.45) is 0 Å². The van der Waals surface area contributed by atoms with Gasteiger partial charge in [-0.2, -0.15) is 0 Å². The standard InChI is InChI=1S/C15H16ClFN2OS/c1-2-3-5-10-8-14(20)19-15(18-10)21-9-11-12(16)6-4-7-13(11)17/h4,6-8H,2-3,5,9H2,1H3,(H,18,19,20). The van der Waals surface area contributed by atoms with Crippen molar-refractivity contribution in [2.75, 3.05) is 0 Å². The van der Waals surface area contributed by atoms with Crippen molar-refractivity contribution in [1.82, 2.24) is 9.97 Å². The second-order valence-electron chi connectivity index (χ2n) is 4.63. The van der Waals surface area contributed by atoms with Gasteiger partial charge in [0, 0.05) is 28.1 Å². The van der Waals surface area contributed by atoms with Crippen LogP contribution < -0.4 is 5.56 Å². The number of nitrogens with one attached hydrogen (secondary N) is 1. The summed E-state index contributed by atoms with van der Waals surface area (Å²) in [4.78, 5) is 18.7. The van der Waals surface area contributed by atoms with E-state index in [-0.39, 0.29) is 11.4 Å². The normalized spacial score (nSPS) is 10.8. The number of thioether (sulfide) groups is 1. The van der Waals surface area contributed by atoms with Crippen LogP contribution in [0.2, 0.25) is 5.02 Å². The first-order valence-corrected chi connectivity index (χ1v) is 8.12. The second kappa shape index (κ2) is 7.61. The van der Waals surface area contributed by atoms with Gasteiger partial charge in [-0.1, -0.05) is 42.8 Å². The average Bonchev–Trinajstić information content (AvgIpc) is 2.44. The Labute approximate surface area is 132 Å². The number of unbranched alkanes of at least 4 members (excludes halogenated alkanes) is 1. The summed E-state index contributed by atoms with van der Waals surface area (Å²) in [6, 6.07) is 6.09. The highest BCUT2D eigenvalue weighted by Crippen LogP contribution is 2.26. The SMILES string of the molecule is CCCCc1cc(=O)[nH]c(SCc2c(F)cccc2Cl)n1. The molecule has 21 heavy (non-hydrogen) atoms. The lowest BCUT2D eigenvalue weighted by Crippen LogP contribution is -2.10. The van der Waals surface area contributed by atoms with E-state index in [4.69, 9.17) is 11.6 Å². The van der Waals surface area contributed by atoms with Crippen LogP contribution in [0.1, 0.15) is 31.0 Å². The molecule has 0 unspecified atom stereocenters. The summed E-state index contributed by atoms with van der Waals surface area (Å²) in [5.74, 6) is -0.0226. The number of H-pyrrole nitrogens is 1. The molecule has 1 aromatic heterocycles. The molecule has 0 amide bonds. The molecule has 0 bridgehead atoms. The molecule has 1 heterocycles. The molecule has 0 fully saturated rings. The molecule has 0 aliphatic heterocycles. The summed E-state index contributed by atoms with van der Waals surface area (Å²) in [7, 11) is 0. The molecule has 0 saturated heterocycles. The number of nitrogens with zero attached hydrogens (tertiary/aromatic N) is 1. The quantitative estimate of drug-likeness (QED) is 0.639. The van der Waals surface area contributed by atoms with E-state index in [2.05, 4.69) is 16.9 Å². The van der Waals surface area contributed by atoms with Crippen LogP contribution in [0, 0.1) is 5.82 Å². The minimum Gasteiger partial charge on any atom is -0.301 e. The Kier molecular flexibility index (Phi) is 5.82. The van der Waals surface area contributed by atoms with E-state index in [0.29, 0.717) is 21.5 Å². The number of aromatic nitrogens is 2. The maximum absolute atomic E-state index is 13.7. The van der Waals surface area contributed by atoms with Crippen LogP contribution in [0.25, 0.3) is 0 Å². The van der Waals surface area contributed by atoms with Crippen LogP contribution in [0.4, 0.5) is 4.39 Å². The number of hydrogen-bond donors (Lipinski definition) is 1. The van der Waals surface area contributed by atoms with Crippen LogP contribution in [-0.4, -0.2) is 9.97 Å². The van der Waals surface area contributed by atoms with Crippen molar-refractivity contribution >= 4 is 23.4 Å². The molecular formula is C15H16ClFN2OS. The lowest BCUT2D eigenvalue weighted by molar-refractivity contribution is 0.617. The highest BCUT2D eigenvalue weighted by Gasteiger charge is 2.09. The Balaban J connectivity index is 2.13. The van der Waals surface area contributed by atoms with E-state index < -0.39 is 0 Å². The Bertz CT molecular complexity index is 655. The zero-order chi connectivity index (χ0) is 15.2. The third kappa shape index (κ3) is 4.58. The Morgan fingerprint density at radius 3 is 2.95 bits per heavy atom. The number of halogens is 2. The van der Waals surface area contributed by atoms with Gasteiger partial charge in [0.15, 0.2) is 5.16 Å². The fraction of sp³-hybridized carbons (Fsp3) is 0.333. The molecule has 3 nitrogen and oxygen atoms in total. The Hall–Kier alpha value is -1.33. The molecule has 0 saturated carbocycles. The molecule has 2 aromatic rings. The lowest BCUT2D eigenvalue weighted by Gasteiger charge is -2.06. The smallest absolute Gasteiger partial charge is 0.251 e. The first kappa shape index (κ1) is 16.0. The summed E-state index contributed by atoms with van der Waals surface area (Å²) >= 11 is 7.25. The zero-order valence-electron chi connectivity index (χ0n) is 11.7. The zero-order valence-corrected chi connectivity index (χ0v) is 13.2. The molecule has 0 atom stereocenters. The van der Waals surface area contributed by atoms with Crippen molar-refractivity contribution in [1.29, 1.82) is 0 Å². The number of hydrogen-bond acceptors (Lipinski definition) is 3. The molecule has 0 aliphatic rings. The predicted octanol–water partition coefficient (Wildman–Crippen LogP) is 4.20. The predicted molar refractivity (Wildman–Crippen MR) is 84.4 cm³/mol. The van der Waals surface area contributed by atoms with Gasteiger partial charge < -0.3 is 4.98 Å². The molecule has 6 heteroatoms. The molecule has 0 aliphatic carbocycles. The number of aryl methyl sites for hydroxylation is 1. The monoisotopic (exact) mass is 326 g/mol. The van der Waals surface area contributed by atoms with Gasteiger partial charge in [0.05, 0.1) is 0 Å². The largest absolute Gasteiger partial charge is 0.301 e. The average molecular weight is 327 g/mol. The third-order valence-corrected chi connectivity index (χ3v) is 4.23. The van der Waals surface area contributed by atoms with Gasteiger partial charge in [-0.3, -0.25) is 4.79 Å². The molecule has 0 spiro atoms. The maximum Gasteiger partial charge on any atom is 0.251 e. The molecule has 0 radical (unpaired) electrons. The van der Waals surface area contributed by atoms with E-state index in [1.54, 1.807) is 12.1 Å². The molecule has 2 rings (SSSR count). The first-order valence-electron chi connectivity index (χ1n) is 6.76. The fourth-order valence-electron chi connectivity index (χ4n) is 1.85. The molecular weight excluding hydrogens is 311 g/mol. The van der Waals surface area contributed by atoms with Gasteiger partial charge in [-0.05, 0) is 25.0 Å². The summed E-state index contributed by atoms with van der Waals surface area (Å²) in [6.07, 6.45) is 2.80. The molecule has 112 valence electrons. The van der Waals surface area contributed by atoms with Crippen LogP contribution in [-0.2, 0) is 12.2 Å². The van der Waals surface area contributed by atoms with Crippen LogP contribution >= 0.6 is 23.4 Å². The van der Waals surface area contributed by atoms with E-state index in [1.807, 2.05) is 0 Å². The van der Waals surface area contributed by atoms with E-state index in [1.165, 1.54) is 23.9 Å². The summed E-state index contributed by atoms with van der Waals surface area (Å²) in [6.45, 7) is 2.09. The number of aromatic amines is 1. The van der Waals surface area contributed by atoms with Crippen molar-refractivity contribution < 1.29 is 4.39 Å². The topological polar surface area (TPSA) is 45.8 Å².